The first-order valence-corrected chi connectivity index (χ1v) is 6.16. The van der Waals surface area contributed by atoms with E-state index >= 15 is 0 Å². The highest BCUT2D eigenvalue weighted by atomic mass is 32.1. The van der Waals surface area contributed by atoms with Crippen LogP contribution in [0.2, 0.25) is 0 Å². The van der Waals surface area contributed by atoms with E-state index < -0.39 is 0 Å². The van der Waals surface area contributed by atoms with Crippen LogP contribution in [0.1, 0.15) is 0 Å². The quantitative estimate of drug-likeness (QED) is 0.511. The lowest BCUT2D eigenvalue weighted by Crippen LogP contribution is -2.40. The molecule has 3 N–H and O–H groups in total. The van der Waals surface area contributed by atoms with Crippen molar-refractivity contribution >= 4 is 28.7 Å². The van der Waals surface area contributed by atoms with Gasteiger partial charge in [-0.25, -0.2) is 5.84 Å². The monoisotopic (exact) mass is 273 g/mol. The van der Waals surface area contributed by atoms with Crippen LogP contribution in [0.5, 0.6) is 5.75 Å². The highest BCUT2D eigenvalue weighted by Crippen LogP contribution is 2.18. The molecule has 0 amide bonds. The lowest BCUT2D eigenvalue weighted by atomic mass is 10.3. The van der Waals surface area contributed by atoms with Gasteiger partial charge in [0.05, 0.1) is 12.8 Å². The van der Waals surface area contributed by atoms with Gasteiger partial charge in [-0.2, -0.15) is 0 Å². The number of nitrogens with two attached hydrogens (primary N) is 1. The molecule has 0 aliphatic heterocycles. The molecule has 0 atom stereocenters. The number of hydrazine groups is 1. The van der Waals surface area contributed by atoms with Crippen LogP contribution < -0.4 is 20.9 Å². The van der Waals surface area contributed by atoms with Gasteiger partial charge in [0.1, 0.15) is 5.75 Å². The molecule has 5 heteroatoms. The first-order chi connectivity index (χ1) is 9.20. The fourth-order valence-corrected chi connectivity index (χ4v) is 1.79. The predicted octanol–water partition coefficient (Wildman–Crippen LogP) is 2.77. The van der Waals surface area contributed by atoms with E-state index in [1.54, 1.807) is 7.11 Å². The molecular weight excluding hydrogens is 258 g/mol. The number of ether oxygens (including phenoxy) is 1. The van der Waals surface area contributed by atoms with Crippen LogP contribution in [0.4, 0.5) is 11.4 Å². The van der Waals surface area contributed by atoms with Crippen molar-refractivity contribution in [2.45, 2.75) is 0 Å². The maximum absolute atomic E-state index is 5.97. The van der Waals surface area contributed by atoms with E-state index in [0.717, 1.165) is 17.1 Å². The predicted molar refractivity (Wildman–Crippen MR) is 82.3 cm³/mol. The summed E-state index contributed by atoms with van der Waals surface area (Å²) in [5, 5.41) is 4.92. The summed E-state index contributed by atoms with van der Waals surface area (Å²) in [6.07, 6.45) is 0. The number of benzene rings is 2. The number of methoxy groups -OCH3 is 1. The molecule has 2 rings (SSSR count). The van der Waals surface area contributed by atoms with Crippen molar-refractivity contribution in [1.82, 2.24) is 0 Å². The zero-order valence-corrected chi connectivity index (χ0v) is 11.4. The molecule has 4 nitrogen and oxygen atoms in total. The maximum atomic E-state index is 5.97. The number of nitrogens with one attached hydrogen (secondary N) is 1. The molecule has 0 saturated heterocycles. The second-order valence-electron chi connectivity index (χ2n) is 3.86. The Labute approximate surface area is 117 Å². The number of nitrogens with zero attached hydrogens (tertiary/aromatic N) is 1. The van der Waals surface area contributed by atoms with Crippen molar-refractivity contribution in [3.63, 3.8) is 0 Å². The Bertz CT molecular complexity index is 542. The van der Waals surface area contributed by atoms with Crippen LogP contribution in [0, 0.1) is 0 Å². The Kier molecular flexibility index (Phi) is 4.33. The van der Waals surface area contributed by atoms with Crippen molar-refractivity contribution in [2.24, 2.45) is 5.84 Å². The lowest BCUT2D eigenvalue weighted by Gasteiger charge is -2.20. The van der Waals surface area contributed by atoms with Gasteiger partial charge >= 0.3 is 0 Å². The van der Waals surface area contributed by atoms with Gasteiger partial charge in [0.25, 0.3) is 0 Å². The molecule has 0 bridgehead atoms. The molecule has 98 valence electrons. The summed E-state index contributed by atoms with van der Waals surface area (Å²) in [5.41, 5.74) is 1.69. The van der Waals surface area contributed by atoms with Gasteiger partial charge in [0.15, 0.2) is 5.11 Å². The molecule has 0 aliphatic rings. The van der Waals surface area contributed by atoms with E-state index in [1.165, 1.54) is 5.01 Å². The summed E-state index contributed by atoms with van der Waals surface area (Å²) in [7, 11) is 1.62. The average molecular weight is 273 g/mol. The molecule has 0 unspecified atom stereocenters. The largest absolute Gasteiger partial charge is 0.497 e. The van der Waals surface area contributed by atoms with Crippen molar-refractivity contribution in [3.8, 4) is 5.75 Å². The third kappa shape index (κ3) is 3.43. The second kappa shape index (κ2) is 6.17. The Morgan fingerprint density at radius 3 is 2.32 bits per heavy atom. The number of thiocarbonyl (C=S) groups is 1. The standard InChI is InChI=1S/C14H15N3OS/c1-18-13-9-7-12(8-10-13)17(15)14(19)16-11-5-3-2-4-6-11/h2-10H,15H2,1H3,(H,16,19). The van der Waals surface area contributed by atoms with E-state index in [9.17, 15) is 0 Å². The van der Waals surface area contributed by atoms with Gasteiger partial charge in [-0.05, 0) is 48.6 Å². The number of hydrogen-bond donors (Lipinski definition) is 2. The molecule has 0 radical (unpaired) electrons. The van der Waals surface area contributed by atoms with Crippen LogP contribution in [-0.4, -0.2) is 12.2 Å². The van der Waals surface area contributed by atoms with Gasteiger partial charge < -0.3 is 10.1 Å². The van der Waals surface area contributed by atoms with Crippen molar-refractivity contribution < 1.29 is 4.74 Å². The van der Waals surface area contributed by atoms with Gasteiger partial charge in [-0.1, -0.05) is 18.2 Å². The first-order valence-electron chi connectivity index (χ1n) is 5.75. The van der Waals surface area contributed by atoms with Crippen LogP contribution in [0.25, 0.3) is 0 Å². The highest BCUT2D eigenvalue weighted by molar-refractivity contribution is 7.80. The Morgan fingerprint density at radius 1 is 1.11 bits per heavy atom. The number of hydrogen-bond acceptors (Lipinski definition) is 3. The van der Waals surface area contributed by atoms with Crippen molar-refractivity contribution in [3.05, 3.63) is 54.6 Å². The molecular formula is C14H15N3OS. The summed E-state index contributed by atoms with van der Waals surface area (Å²) in [5.74, 6) is 6.74. The van der Waals surface area contributed by atoms with Crippen LogP contribution in [0.15, 0.2) is 54.6 Å². The topological polar surface area (TPSA) is 50.5 Å². The summed E-state index contributed by atoms with van der Waals surface area (Å²) in [6.45, 7) is 0. The van der Waals surface area contributed by atoms with E-state index in [-0.39, 0.29) is 0 Å². The van der Waals surface area contributed by atoms with E-state index in [2.05, 4.69) is 5.32 Å². The normalized spacial score (nSPS) is 9.79. The molecule has 0 saturated carbocycles. The minimum atomic E-state index is 0.427. The van der Waals surface area contributed by atoms with E-state index in [4.69, 9.17) is 22.8 Å². The van der Waals surface area contributed by atoms with Crippen LogP contribution in [0.3, 0.4) is 0 Å². The molecule has 2 aromatic carbocycles. The SMILES string of the molecule is COc1ccc(N(N)C(=S)Nc2ccccc2)cc1. The van der Waals surface area contributed by atoms with Crippen LogP contribution in [-0.2, 0) is 0 Å². The van der Waals surface area contributed by atoms with Crippen LogP contribution >= 0.6 is 12.2 Å². The molecule has 2 aromatic rings. The lowest BCUT2D eigenvalue weighted by molar-refractivity contribution is 0.415. The van der Waals surface area contributed by atoms with Gasteiger partial charge in [0.2, 0.25) is 0 Å². The molecule has 0 aliphatic carbocycles. The molecule has 0 aromatic heterocycles. The van der Waals surface area contributed by atoms with E-state index in [0.29, 0.717) is 5.11 Å². The average Bonchev–Trinajstić information content (AvgIpc) is 2.47. The van der Waals surface area contributed by atoms with Gasteiger partial charge in [-0.15, -0.1) is 0 Å². The first kappa shape index (κ1) is 13.3. The minimum absolute atomic E-state index is 0.427. The summed E-state index contributed by atoms with van der Waals surface area (Å²) < 4.78 is 5.10. The van der Waals surface area contributed by atoms with E-state index in [1.807, 2.05) is 54.6 Å². The number of rotatable bonds is 3. The van der Waals surface area contributed by atoms with Gasteiger partial charge in [-0.3, -0.25) is 5.01 Å². The Morgan fingerprint density at radius 2 is 1.74 bits per heavy atom. The maximum Gasteiger partial charge on any atom is 0.192 e. The smallest absolute Gasteiger partial charge is 0.192 e. The fourth-order valence-electron chi connectivity index (χ4n) is 1.57. The Hall–Kier alpha value is -2.11. The third-order valence-corrected chi connectivity index (χ3v) is 2.89. The van der Waals surface area contributed by atoms with Gasteiger partial charge in [0, 0.05) is 5.69 Å². The summed E-state index contributed by atoms with van der Waals surface area (Å²) in [4.78, 5) is 0. The summed E-state index contributed by atoms with van der Waals surface area (Å²) >= 11 is 5.26. The Balaban J connectivity index is 2.06. The van der Waals surface area contributed by atoms with Crippen molar-refractivity contribution in [2.75, 3.05) is 17.4 Å². The summed E-state index contributed by atoms with van der Waals surface area (Å²) in [6, 6.07) is 17.0. The fraction of sp³-hybridized carbons (Fsp3) is 0.0714. The molecule has 19 heavy (non-hydrogen) atoms. The third-order valence-electron chi connectivity index (χ3n) is 2.59. The second-order valence-corrected chi connectivity index (χ2v) is 4.25. The minimum Gasteiger partial charge on any atom is -0.497 e. The molecule has 0 fully saturated rings. The number of anilines is 2. The zero-order chi connectivity index (χ0) is 13.7. The zero-order valence-electron chi connectivity index (χ0n) is 10.5. The molecule has 0 heterocycles. The molecule has 0 spiro atoms. The highest BCUT2D eigenvalue weighted by Gasteiger charge is 2.07. The van der Waals surface area contributed by atoms with Crippen molar-refractivity contribution in [1.29, 1.82) is 0 Å². The number of para-hydroxylation sites is 1.